The van der Waals surface area contributed by atoms with Crippen LogP contribution in [0.15, 0.2) is 15.1 Å². The number of aldehydes is 1. The van der Waals surface area contributed by atoms with Gasteiger partial charge in [-0.05, 0) is 43.8 Å². The molecule has 4 heteroatoms. The van der Waals surface area contributed by atoms with Crippen molar-refractivity contribution in [1.29, 1.82) is 0 Å². The van der Waals surface area contributed by atoms with Crippen molar-refractivity contribution in [3.05, 3.63) is 26.4 Å². The molecule has 1 heterocycles. The quantitative estimate of drug-likeness (QED) is 0.785. The molecule has 0 aromatic carbocycles. The van der Waals surface area contributed by atoms with Gasteiger partial charge in [-0.15, -0.1) is 0 Å². The van der Waals surface area contributed by atoms with Gasteiger partial charge in [0.1, 0.15) is 5.69 Å². The number of aromatic nitrogens is 1. The van der Waals surface area contributed by atoms with E-state index in [2.05, 4.69) is 36.8 Å². The van der Waals surface area contributed by atoms with Crippen LogP contribution in [0.1, 0.15) is 23.0 Å². The van der Waals surface area contributed by atoms with E-state index < -0.39 is 0 Å². The molecule has 0 amide bonds. The van der Waals surface area contributed by atoms with Crippen molar-refractivity contribution in [3.63, 3.8) is 0 Å². The van der Waals surface area contributed by atoms with Crippen molar-refractivity contribution in [1.82, 2.24) is 4.98 Å². The summed E-state index contributed by atoms with van der Waals surface area (Å²) in [5.74, 6) is 0. The third kappa shape index (κ3) is 1.75. The Bertz CT molecular complexity index is 312. The lowest BCUT2D eigenvalue weighted by atomic mass is 10.2. The fraction of sp³-hybridized carbons (Fsp3) is 0.250. The van der Waals surface area contributed by atoms with Crippen molar-refractivity contribution in [2.24, 2.45) is 0 Å². The van der Waals surface area contributed by atoms with Crippen LogP contribution in [0.2, 0.25) is 0 Å². The number of nitrogens with zero attached hydrogens (tertiary/aromatic N) is 1. The van der Waals surface area contributed by atoms with Crippen LogP contribution < -0.4 is 0 Å². The largest absolute Gasteiger partial charge is 0.296 e. The van der Waals surface area contributed by atoms with Gasteiger partial charge >= 0.3 is 0 Å². The van der Waals surface area contributed by atoms with Crippen LogP contribution in [-0.2, 0) is 6.42 Å². The highest BCUT2D eigenvalue weighted by atomic mass is 79.9. The topological polar surface area (TPSA) is 30.0 Å². The molecule has 1 aromatic heterocycles. The molecule has 0 spiro atoms. The van der Waals surface area contributed by atoms with Crippen LogP contribution in [-0.4, -0.2) is 11.3 Å². The molecule has 0 unspecified atom stereocenters. The minimum absolute atomic E-state index is 0.454. The fourth-order valence-electron chi connectivity index (χ4n) is 0.926. The minimum Gasteiger partial charge on any atom is -0.296 e. The van der Waals surface area contributed by atoms with Crippen LogP contribution in [0.5, 0.6) is 0 Å². The van der Waals surface area contributed by atoms with E-state index in [1.54, 1.807) is 6.20 Å². The van der Waals surface area contributed by atoms with E-state index in [9.17, 15) is 4.79 Å². The van der Waals surface area contributed by atoms with E-state index in [4.69, 9.17) is 0 Å². The molecule has 0 fully saturated rings. The van der Waals surface area contributed by atoms with Gasteiger partial charge in [0.05, 0.1) is 4.47 Å². The molecule has 0 atom stereocenters. The van der Waals surface area contributed by atoms with Gasteiger partial charge in [0.15, 0.2) is 6.29 Å². The summed E-state index contributed by atoms with van der Waals surface area (Å²) in [5, 5.41) is 0. The molecular formula is C8H7Br2NO. The molecule has 0 aliphatic rings. The first-order valence-corrected chi connectivity index (χ1v) is 5.07. The zero-order chi connectivity index (χ0) is 9.14. The Labute approximate surface area is 87.6 Å². The van der Waals surface area contributed by atoms with Crippen LogP contribution in [0.3, 0.4) is 0 Å². The highest BCUT2D eigenvalue weighted by Gasteiger charge is 2.08. The summed E-state index contributed by atoms with van der Waals surface area (Å²) >= 11 is 6.69. The number of carbonyl (C=O) groups is 1. The highest BCUT2D eigenvalue weighted by Crippen LogP contribution is 2.26. The second kappa shape index (κ2) is 4.14. The van der Waals surface area contributed by atoms with E-state index in [1.165, 1.54) is 0 Å². The third-order valence-electron chi connectivity index (χ3n) is 1.56. The maximum Gasteiger partial charge on any atom is 0.169 e. The summed E-state index contributed by atoms with van der Waals surface area (Å²) in [6.45, 7) is 2.03. The third-order valence-corrected chi connectivity index (χ3v) is 3.13. The lowest BCUT2D eigenvalue weighted by molar-refractivity contribution is 0.111. The number of halogens is 2. The minimum atomic E-state index is 0.454. The lowest BCUT2D eigenvalue weighted by Crippen LogP contribution is -1.94. The predicted octanol–water partition coefficient (Wildman–Crippen LogP) is 2.98. The standard InChI is InChI=1S/C8H7Br2NO/c1-2-5-6(9)3-11-7(4-12)8(5)10/h3-4H,2H2,1H3. The van der Waals surface area contributed by atoms with Gasteiger partial charge in [-0.3, -0.25) is 9.78 Å². The molecule has 64 valence electrons. The Morgan fingerprint density at radius 2 is 2.25 bits per heavy atom. The maximum absolute atomic E-state index is 10.5. The second-order valence-corrected chi connectivity index (χ2v) is 3.90. The van der Waals surface area contributed by atoms with Gasteiger partial charge in [-0.25, -0.2) is 0 Å². The normalized spacial score (nSPS) is 9.92. The lowest BCUT2D eigenvalue weighted by Gasteiger charge is -2.04. The molecule has 0 aliphatic carbocycles. The molecule has 0 radical (unpaired) electrons. The Kier molecular flexibility index (Phi) is 3.40. The summed E-state index contributed by atoms with van der Waals surface area (Å²) < 4.78 is 1.72. The maximum atomic E-state index is 10.5. The summed E-state index contributed by atoms with van der Waals surface area (Å²) in [4.78, 5) is 14.4. The highest BCUT2D eigenvalue weighted by molar-refractivity contribution is 9.11. The Balaban J connectivity index is 3.33. The Morgan fingerprint density at radius 1 is 1.58 bits per heavy atom. The average Bonchev–Trinajstić information content (AvgIpc) is 2.06. The number of carbonyl (C=O) groups excluding carboxylic acids is 1. The van der Waals surface area contributed by atoms with Gasteiger partial charge in [0.25, 0.3) is 0 Å². The van der Waals surface area contributed by atoms with Crippen molar-refractivity contribution in [3.8, 4) is 0 Å². The molecule has 0 aliphatic heterocycles. The van der Waals surface area contributed by atoms with E-state index in [-0.39, 0.29) is 0 Å². The number of rotatable bonds is 2. The summed E-state index contributed by atoms with van der Waals surface area (Å²) in [6.07, 6.45) is 3.26. The first-order valence-electron chi connectivity index (χ1n) is 3.48. The molecule has 1 rings (SSSR count). The SMILES string of the molecule is CCc1c(Br)cnc(C=O)c1Br. The molecular weight excluding hydrogens is 286 g/mol. The van der Waals surface area contributed by atoms with Gasteiger partial charge in [-0.1, -0.05) is 6.92 Å². The van der Waals surface area contributed by atoms with Gasteiger partial charge in [0.2, 0.25) is 0 Å². The van der Waals surface area contributed by atoms with E-state index in [0.29, 0.717) is 5.69 Å². The van der Waals surface area contributed by atoms with E-state index in [1.807, 2.05) is 6.92 Å². The van der Waals surface area contributed by atoms with Crippen molar-refractivity contribution in [2.45, 2.75) is 13.3 Å². The first kappa shape index (κ1) is 9.86. The van der Waals surface area contributed by atoms with Crippen LogP contribution in [0.4, 0.5) is 0 Å². The van der Waals surface area contributed by atoms with E-state index in [0.717, 1.165) is 27.2 Å². The van der Waals surface area contributed by atoms with Gasteiger partial charge in [-0.2, -0.15) is 0 Å². The Hall–Kier alpha value is -0.220. The number of pyridine rings is 1. The molecule has 0 saturated heterocycles. The predicted molar refractivity (Wildman–Crippen MR) is 54.4 cm³/mol. The summed E-state index contributed by atoms with van der Waals surface area (Å²) in [6, 6.07) is 0. The van der Waals surface area contributed by atoms with Crippen LogP contribution in [0, 0.1) is 0 Å². The average molecular weight is 293 g/mol. The smallest absolute Gasteiger partial charge is 0.169 e. The number of hydrogen-bond donors (Lipinski definition) is 0. The molecule has 0 N–H and O–H groups in total. The number of hydrogen-bond acceptors (Lipinski definition) is 2. The molecule has 2 nitrogen and oxygen atoms in total. The van der Waals surface area contributed by atoms with Gasteiger partial charge in [0, 0.05) is 10.7 Å². The van der Waals surface area contributed by atoms with Crippen LogP contribution in [0.25, 0.3) is 0 Å². The Morgan fingerprint density at radius 3 is 2.75 bits per heavy atom. The molecule has 0 saturated carbocycles. The summed E-state index contributed by atoms with van der Waals surface area (Å²) in [5.41, 5.74) is 1.53. The molecule has 1 aromatic rings. The van der Waals surface area contributed by atoms with Gasteiger partial charge < -0.3 is 0 Å². The first-order chi connectivity index (χ1) is 5.70. The molecule has 0 bridgehead atoms. The second-order valence-electron chi connectivity index (χ2n) is 2.26. The molecule has 12 heavy (non-hydrogen) atoms. The van der Waals surface area contributed by atoms with Crippen molar-refractivity contribution in [2.75, 3.05) is 0 Å². The van der Waals surface area contributed by atoms with Crippen molar-refractivity contribution >= 4 is 38.1 Å². The van der Waals surface area contributed by atoms with Crippen LogP contribution >= 0.6 is 31.9 Å². The fourth-order valence-corrected chi connectivity index (χ4v) is 2.46. The zero-order valence-electron chi connectivity index (χ0n) is 6.47. The monoisotopic (exact) mass is 291 g/mol. The summed E-state index contributed by atoms with van der Waals surface area (Å²) in [7, 11) is 0. The zero-order valence-corrected chi connectivity index (χ0v) is 9.65. The van der Waals surface area contributed by atoms with E-state index >= 15 is 0 Å². The van der Waals surface area contributed by atoms with Crippen molar-refractivity contribution < 1.29 is 4.79 Å².